The largest absolute Gasteiger partial charge is 0.473 e. The van der Waals surface area contributed by atoms with Crippen LogP contribution in [0, 0.1) is 0 Å². The maximum Gasteiger partial charge on any atom is 0.414 e. The maximum absolute atomic E-state index is 9.10. The SMILES string of the molecule is O.O=C(O)C(=O)O.O=C(O)C(=O)O.[Ni]. The van der Waals surface area contributed by atoms with Gasteiger partial charge in [0.25, 0.3) is 0 Å². The van der Waals surface area contributed by atoms with Crippen molar-refractivity contribution in [1.82, 2.24) is 0 Å². The maximum atomic E-state index is 9.10. The fraction of sp³-hybridized carbons (Fsp3) is 0. The molecule has 0 bridgehead atoms. The molecule has 0 amide bonds. The molecule has 0 atom stereocenters. The molecule has 0 spiro atoms. The minimum Gasteiger partial charge on any atom is -0.473 e. The first-order chi connectivity index (χ1) is 5.29. The molecule has 0 aromatic rings. The number of carboxylic acids is 4. The Morgan fingerprint density at radius 2 is 0.643 bits per heavy atom. The van der Waals surface area contributed by atoms with E-state index in [-0.39, 0.29) is 22.0 Å². The zero-order valence-corrected chi connectivity index (χ0v) is 7.23. The van der Waals surface area contributed by atoms with Gasteiger partial charge in [0.05, 0.1) is 0 Å². The number of aliphatic carboxylic acids is 4. The predicted octanol–water partition coefficient (Wildman–Crippen LogP) is -2.52. The summed E-state index contributed by atoms with van der Waals surface area (Å²) in [5.41, 5.74) is 0. The van der Waals surface area contributed by atoms with Crippen LogP contribution in [-0.2, 0) is 35.7 Å². The van der Waals surface area contributed by atoms with Gasteiger partial charge in [-0.25, -0.2) is 19.2 Å². The third-order valence-corrected chi connectivity index (χ3v) is 0.366. The molecule has 0 aromatic carbocycles. The van der Waals surface area contributed by atoms with Crippen molar-refractivity contribution in [2.75, 3.05) is 0 Å². The van der Waals surface area contributed by atoms with E-state index in [9.17, 15) is 0 Å². The van der Waals surface area contributed by atoms with E-state index in [4.69, 9.17) is 39.6 Å². The van der Waals surface area contributed by atoms with E-state index in [2.05, 4.69) is 0 Å². The van der Waals surface area contributed by atoms with Crippen molar-refractivity contribution < 1.29 is 61.6 Å². The van der Waals surface area contributed by atoms with Crippen LogP contribution in [0.1, 0.15) is 0 Å². The second kappa shape index (κ2) is 11.3. The van der Waals surface area contributed by atoms with Crippen molar-refractivity contribution in [1.29, 1.82) is 0 Å². The molecule has 0 fully saturated rings. The van der Waals surface area contributed by atoms with Crippen molar-refractivity contribution in [2.24, 2.45) is 0 Å². The van der Waals surface area contributed by atoms with Crippen molar-refractivity contribution in [3.63, 3.8) is 0 Å². The molecule has 0 aliphatic carbocycles. The van der Waals surface area contributed by atoms with Crippen molar-refractivity contribution in [2.45, 2.75) is 0 Å². The van der Waals surface area contributed by atoms with E-state index in [0.29, 0.717) is 0 Å². The minimum atomic E-state index is -1.82. The van der Waals surface area contributed by atoms with E-state index in [1.54, 1.807) is 0 Å². The zero-order chi connectivity index (χ0) is 10.3. The molecule has 0 unspecified atom stereocenters. The normalized spacial score (nSPS) is 6.29. The Labute approximate surface area is 86.2 Å². The summed E-state index contributed by atoms with van der Waals surface area (Å²) in [6.07, 6.45) is 0. The molecule has 0 heterocycles. The van der Waals surface area contributed by atoms with Gasteiger partial charge in [0.15, 0.2) is 0 Å². The molecular weight excluding hydrogens is 251 g/mol. The van der Waals surface area contributed by atoms with Gasteiger partial charge in [-0.3, -0.25) is 0 Å². The number of hydrogen-bond acceptors (Lipinski definition) is 4. The van der Waals surface area contributed by atoms with Crippen molar-refractivity contribution in [3.8, 4) is 0 Å². The van der Waals surface area contributed by atoms with Gasteiger partial charge in [-0.05, 0) is 0 Å². The average Bonchev–Trinajstić information content (AvgIpc) is 1.88. The van der Waals surface area contributed by atoms with Crippen LogP contribution in [0.3, 0.4) is 0 Å². The smallest absolute Gasteiger partial charge is 0.414 e. The monoisotopic (exact) mass is 256 g/mol. The summed E-state index contributed by atoms with van der Waals surface area (Å²) in [6.45, 7) is 0. The Morgan fingerprint density at radius 1 is 0.571 bits per heavy atom. The number of carboxylic acid groups (broad SMARTS) is 4. The quantitative estimate of drug-likeness (QED) is 0.270. The van der Waals surface area contributed by atoms with E-state index in [1.807, 2.05) is 0 Å². The summed E-state index contributed by atoms with van der Waals surface area (Å²) >= 11 is 0. The first-order valence-corrected chi connectivity index (χ1v) is 2.21. The first-order valence-electron chi connectivity index (χ1n) is 2.21. The molecule has 0 aromatic heterocycles. The van der Waals surface area contributed by atoms with Crippen LogP contribution in [0.25, 0.3) is 0 Å². The van der Waals surface area contributed by atoms with Crippen LogP contribution >= 0.6 is 0 Å². The van der Waals surface area contributed by atoms with Crippen LogP contribution in [0.5, 0.6) is 0 Å². The summed E-state index contributed by atoms with van der Waals surface area (Å²) in [7, 11) is 0. The second-order valence-corrected chi connectivity index (χ2v) is 1.22. The molecule has 6 N–H and O–H groups in total. The van der Waals surface area contributed by atoms with E-state index >= 15 is 0 Å². The van der Waals surface area contributed by atoms with E-state index in [1.165, 1.54) is 0 Å². The molecule has 0 aliphatic heterocycles. The predicted molar refractivity (Wildman–Crippen MR) is 34.2 cm³/mol. The second-order valence-electron chi connectivity index (χ2n) is 1.22. The number of hydrogen-bond donors (Lipinski definition) is 4. The Morgan fingerprint density at radius 3 is 0.643 bits per heavy atom. The zero-order valence-electron chi connectivity index (χ0n) is 6.24. The standard InChI is InChI=1S/2C2H2O4.Ni.H2O/c2*3-1(4)2(5)6;;/h2*(H,3,4)(H,5,6);;1H2. The molecule has 9 nitrogen and oxygen atoms in total. The Balaban J connectivity index is -0.0000000625. The Hall–Kier alpha value is -1.67. The summed E-state index contributed by atoms with van der Waals surface area (Å²) in [6, 6.07) is 0. The van der Waals surface area contributed by atoms with E-state index in [0.717, 1.165) is 0 Å². The summed E-state index contributed by atoms with van der Waals surface area (Å²) in [5.74, 6) is -7.30. The molecule has 0 radical (unpaired) electrons. The molecule has 0 rings (SSSR count). The van der Waals surface area contributed by atoms with Gasteiger partial charge in [-0.2, -0.15) is 0 Å². The molecule has 0 saturated carbocycles. The van der Waals surface area contributed by atoms with Crippen molar-refractivity contribution in [3.05, 3.63) is 0 Å². The molecule has 0 saturated heterocycles. The van der Waals surface area contributed by atoms with E-state index < -0.39 is 23.9 Å². The Kier molecular flexibility index (Phi) is 18.5. The van der Waals surface area contributed by atoms with Gasteiger partial charge in [-0.1, -0.05) is 0 Å². The third kappa shape index (κ3) is 22.4. The van der Waals surface area contributed by atoms with Crippen LogP contribution in [-0.4, -0.2) is 49.8 Å². The van der Waals surface area contributed by atoms with Crippen molar-refractivity contribution >= 4 is 23.9 Å². The first kappa shape index (κ1) is 22.8. The van der Waals surface area contributed by atoms with Gasteiger partial charge in [-0.15, -0.1) is 0 Å². The van der Waals surface area contributed by atoms with Crippen LogP contribution in [0.4, 0.5) is 0 Å². The van der Waals surface area contributed by atoms with Gasteiger partial charge in [0, 0.05) is 16.5 Å². The summed E-state index contributed by atoms with van der Waals surface area (Å²) < 4.78 is 0. The van der Waals surface area contributed by atoms with Gasteiger partial charge >= 0.3 is 23.9 Å². The van der Waals surface area contributed by atoms with Gasteiger partial charge in [0.2, 0.25) is 0 Å². The summed E-state index contributed by atoms with van der Waals surface area (Å²) in [5, 5.41) is 29.6. The van der Waals surface area contributed by atoms with Crippen LogP contribution in [0.2, 0.25) is 0 Å². The fourth-order valence-corrected chi connectivity index (χ4v) is 0. The van der Waals surface area contributed by atoms with Gasteiger partial charge < -0.3 is 25.9 Å². The number of carbonyl (C=O) groups is 4. The molecule has 0 aliphatic rings. The molecule has 10 heteroatoms. The summed E-state index contributed by atoms with van der Waals surface area (Å²) in [4.78, 5) is 36.4. The average molecular weight is 257 g/mol. The molecule has 86 valence electrons. The van der Waals surface area contributed by atoms with Crippen LogP contribution < -0.4 is 0 Å². The minimum absolute atomic E-state index is 0. The Bertz CT molecular complexity index is 173. The van der Waals surface area contributed by atoms with Crippen LogP contribution in [0.15, 0.2) is 0 Å². The molecule has 14 heavy (non-hydrogen) atoms. The fourth-order valence-electron chi connectivity index (χ4n) is 0. The third-order valence-electron chi connectivity index (χ3n) is 0.366. The number of rotatable bonds is 0. The van der Waals surface area contributed by atoms with Gasteiger partial charge in [0.1, 0.15) is 0 Å². The molecular formula is C4H6NiO9. The topological polar surface area (TPSA) is 181 Å².